The van der Waals surface area contributed by atoms with Crippen molar-refractivity contribution < 1.29 is 13.5 Å². The first-order chi connectivity index (χ1) is 7.65. The van der Waals surface area contributed by atoms with Crippen LogP contribution in [0.3, 0.4) is 0 Å². The summed E-state index contributed by atoms with van der Waals surface area (Å²) in [6.45, 7) is -2.88. The molecule has 84 valence electrons. The summed E-state index contributed by atoms with van der Waals surface area (Å²) < 4.78 is 29.3. The number of nitrogens with zero attached hydrogens (tertiary/aromatic N) is 3. The van der Waals surface area contributed by atoms with Gasteiger partial charge in [-0.2, -0.15) is 13.9 Å². The normalized spacial score (nSPS) is 10.7. The van der Waals surface area contributed by atoms with Crippen molar-refractivity contribution in [1.29, 1.82) is 0 Å². The van der Waals surface area contributed by atoms with Crippen LogP contribution in [0.25, 0.3) is 5.69 Å². The monoisotopic (exact) mass is 226 g/mol. The topological polar surface area (TPSA) is 66.0 Å². The standard InChI is InChI=1S/C9H8F2N4O/c10-9(11)16-8-2-1-6(5-13-8)15-4-3-7(12)14-15/h1-5,9H,(H2,12,14). The molecular weight excluding hydrogens is 218 g/mol. The lowest BCUT2D eigenvalue weighted by atomic mass is 10.4. The van der Waals surface area contributed by atoms with Gasteiger partial charge in [-0.05, 0) is 6.07 Å². The molecule has 0 amide bonds. The smallest absolute Gasteiger partial charge is 0.388 e. The van der Waals surface area contributed by atoms with Crippen molar-refractivity contribution in [3.63, 3.8) is 0 Å². The molecule has 7 heteroatoms. The van der Waals surface area contributed by atoms with E-state index >= 15 is 0 Å². The van der Waals surface area contributed by atoms with E-state index < -0.39 is 6.61 Å². The zero-order valence-electron chi connectivity index (χ0n) is 8.05. The van der Waals surface area contributed by atoms with Gasteiger partial charge in [-0.1, -0.05) is 0 Å². The highest BCUT2D eigenvalue weighted by atomic mass is 19.3. The fraction of sp³-hybridized carbons (Fsp3) is 0.111. The van der Waals surface area contributed by atoms with Crippen molar-refractivity contribution in [2.24, 2.45) is 0 Å². The molecule has 0 radical (unpaired) electrons. The van der Waals surface area contributed by atoms with E-state index in [0.29, 0.717) is 11.5 Å². The first-order valence-electron chi connectivity index (χ1n) is 4.37. The highest BCUT2D eigenvalue weighted by Crippen LogP contribution is 2.13. The second-order valence-electron chi connectivity index (χ2n) is 2.92. The van der Waals surface area contributed by atoms with Gasteiger partial charge in [-0.25, -0.2) is 9.67 Å². The van der Waals surface area contributed by atoms with Gasteiger partial charge in [-0.15, -0.1) is 0 Å². The summed E-state index contributed by atoms with van der Waals surface area (Å²) >= 11 is 0. The Morgan fingerprint density at radius 2 is 2.12 bits per heavy atom. The van der Waals surface area contributed by atoms with Crippen LogP contribution in [0, 0.1) is 0 Å². The molecule has 0 fully saturated rings. The average molecular weight is 226 g/mol. The summed E-state index contributed by atoms with van der Waals surface area (Å²) in [4.78, 5) is 3.70. The largest absolute Gasteiger partial charge is 0.417 e. The second kappa shape index (κ2) is 4.13. The number of alkyl halides is 2. The zero-order chi connectivity index (χ0) is 11.5. The Morgan fingerprint density at radius 1 is 1.31 bits per heavy atom. The third-order valence-electron chi connectivity index (χ3n) is 1.80. The van der Waals surface area contributed by atoms with E-state index in [2.05, 4.69) is 14.8 Å². The van der Waals surface area contributed by atoms with Crippen molar-refractivity contribution in [2.45, 2.75) is 6.61 Å². The third-order valence-corrected chi connectivity index (χ3v) is 1.80. The molecule has 2 aromatic heterocycles. The van der Waals surface area contributed by atoms with Crippen molar-refractivity contribution in [1.82, 2.24) is 14.8 Å². The van der Waals surface area contributed by atoms with E-state index in [4.69, 9.17) is 5.73 Å². The molecule has 0 saturated heterocycles. The van der Waals surface area contributed by atoms with Crippen LogP contribution in [0.15, 0.2) is 30.6 Å². The Kier molecular flexibility index (Phi) is 2.67. The molecule has 2 heterocycles. The maximum Gasteiger partial charge on any atom is 0.388 e. The predicted molar refractivity (Wildman–Crippen MR) is 52.4 cm³/mol. The molecular formula is C9H8F2N4O. The Balaban J connectivity index is 2.19. The van der Waals surface area contributed by atoms with Gasteiger partial charge in [0.15, 0.2) is 0 Å². The number of hydrogen-bond acceptors (Lipinski definition) is 4. The Morgan fingerprint density at radius 3 is 2.62 bits per heavy atom. The third kappa shape index (κ3) is 2.25. The van der Waals surface area contributed by atoms with Crippen molar-refractivity contribution in [3.05, 3.63) is 30.6 Å². The molecule has 5 nitrogen and oxygen atoms in total. The maximum absolute atomic E-state index is 11.9. The predicted octanol–water partition coefficient (Wildman–Crippen LogP) is 1.45. The van der Waals surface area contributed by atoms with Crippen LogP contribution in [0.5, 0.6) is 5.88 Å². The summed E-state index contributed by atoms with van der Waals surface area (Å²) in [6, 6.07) is 4.50. The number of nitrogen functional groups attached to an aromatic ring is 1. The molecule has 16 heavy (non-hydrogen) atoms. The lowest BCUT2D eigenvalue weighted by Gasteiger charge is -2.04. The van der Waals surface area contributed by atoms with Gasteiger partial charge in [0.25, 0.3) is 0 Å². The number of ether oxygens (including phenoxy) is 1. The molecule has 2 aromatic rings. The van der Waals surface area contributed by atoms with Gasteiger partial charge in [0.1, 0.15) is 5.82 Å². The SMILES string of the molecule is Nc1ccn(-c2ccc(OC(F)F)nc2)n1. The van der Waals surface area contributed by atoms with Crippen molar-refractivity contribution in [2.75, 3.05) is 5.73 Å². The molecule has 0 unspecified atom stereocenters. The molecule has 0 spiro atoms. The quantitative estimate of drug-likeness (QED) is 0.860. The number of pyridine rings is 1. The Bertz CT molecular complexity index is 469. The molecule has 0 bridgehead atoms. The van der Waals surface area contributed by atoms with Crippen LogP contribution in [-0.4, -0.2) is 21.4 Å². The van der Waals surface area contributed by atoms with Gasteiger partial charge < -0.3 is 10.5 Å². The van der Waals surface area contributed by atoms with Gasteiger partial charge in [0, 0.05) is 18.3 Å². The highest BCUT2D eigenvalue weighted by molar-refractivity contribution is 5.34. The number of rotatable bonds is 3. The molecule has 2 rings (SSSR count). The van der Waals surface area contributed by atoms with E-state index in [1.807, 2.05) is 0 Å². The minimum Gasteiger partial charge on any atom is -0.417 e. The fourth-order valence-corrected chi connectivity index (χ4v) is 1.15. The van der Waals surface area contributed by atoms with Gasteiger partial charge in [0.2, 0.25) is 5.88 Å². The Labute approximate surface area is 89.5 Å². The van der Waals surface area contributed by atoms with Crippen LogP contribution < -0.4 is 10.5 Å². The van der Waals surface area contributed by atoms with E-state index in [-0.39, 0.29) is 5.88 Å². The van der Waals surface area contributed by atoms with Gasteiger partial charge in [0.05, 0.1) is 11.9 Å². The average Bonchev–Trinajstić information content (AvgIpc) is 2.65. The molecule has 0 aliphatic carbocycles. The van der Waals surface area contributed by atoms with Crippen LogP contribution in [-0.2, 0) is 0 Å². The van der Waals surface area contributed by atoms with E-state index in [1.54, 1.807) is 18.3 Å². The Hall–Kier alpha value is -2.18. The summed E-state index contributed by atoms with van der Waals surface area (Å²) in [7, 11) is 0. The minimum absolute atomic E-state index is 0.140. The van der Waals surface area contributed by atoms with Crippen LogP contribution in [0.4, 0.5) is 14.6 Å². The fourth-order valence-electron chi connectivity index (χ4n) is 1.15. The summed E-state index contributed by atoms with van der Waals surface area (Å²) in [5.74, 6) is 0.229. The minimum atomic E-state index is -2.88. The van der Waals surface area contributed by atoms with Gasteiger partial charge >= 0.3 is 6.61 Å². The van der Waals surface area contributed by atoms with Crippen LogP contribution in [0.1, 0.15) is 0 Å². The summed E-state index contributed by atoms with van der Waals surface area (Å²) in [6.07, 6.45) is 3.00. The van der Waals surface area contributed by atoms with Crippen molar-refractivity contribution >= 4 is 5.82 Å². The number of aromatic nitrogens is 3. The first-order valence-corrected chi connectivity index (χ1v) is 4.37. The second-order valence-corrected chi connectivity index (χ2v) is 2.92. The summed E-state index contributed by atoms with van der Waals surface area (Å²) in [5, 5.41) is 3.94. The van der Waals surface area contributed by atoms with Gasteiger partial charge in [-0.3, -0.25) is 0 Å². The molecule has 0 aromatic carbocycles. The number of halogens is 2. The molecule has 0 aliphatic rings. The van der Waals surface area contributed by atoms with Crippen molar-refractivity contribution in [3.8, 4) is 11.6 Å². The van der Waals surface area contributed by atoms with Crippen LogP contribution in [0.2, 0.25) is 0 Å². The number of anilines is 1. The molecule has 0 atom stereocenters. The lowest BCUT2D eigenvalue weighted by molar-refractivity contribution is -0.0528. The van der Waals surface area contributed by atoms with E-state index in [9.17, 15) is 8.78 Å². The van der Waals surface area contributed by atoms with Crippen LogP contribution >= 0.6 is 0 Å². The number of hydrogen-bond donors (Lipinski definition) is 1. The summed E-state index contributed by atoms with van der Waals surface area (Å²) in [5.41, 5.74) is 6.05. The zero-order valence-corrected chi connectivity index (χ0v) is 8.05. The number of nitrogens with two attached hydrogens (primary N) is 1. The lowest BCUT2D eigenvalue weighted by Crippen LogP contribution is -2.04. The maximum atomic E-state index is 11.9. The first kappa shape index (κ1) is 10.3. The molecule has 0 saturated carbocycles. The molecule has 2 N–H and O–H groups in total. The van der Waals surface area contributed by atoms with E-state index in [0.717, 1.165) is 0 Å². The molecule has 0 aliphatic heterocycles. The highest BCUT2D eigenvalue weighted by Gasteiger charge is 2.05. The van der Waals surface area contributed by atoms with E-state index in [1.165, 1.54) is 16.9 Å².